The van der Waals surface area contributed by atoms with Crippen LogP contribution in [0.25, 0.3) is 10.9 Å². The molecule has 3 rings (SSSR count). The number of nitrogens with one attached hydrogen (secondary N) is 1. The molecule has 1 heterocycles. The maximum atomic E-state index is 12.6. The minimum Gasteiger partial charge on any atom is -0.486 e. The molecule has 9 nitrogen and oxygen atoms in total. The minimum atomic E-state index is -0.715. The number of hydrogen-bond acceptors (Lipinski definition) is 6. The van der Waals surface area contributed by atoms with Crippen molar-refractivity contribution in [2.75, 3.05) is 6.61 Å². The fourth-order valence-corrected chi connectivity index (χ4v) is 2.61. The van der Waals surface area contributed by atoms with Crippen LogP contribution < -0.4 is 16.0 Å². The smallest absolute Gasteiger partial charge is 0.349 e. The lowest BCUT2D eigenvalue weighted by molar-refractivity contribution is -0.386. The molecule has 0 aliphatic carbocycles. The topological polar surface area (TPSA) is 120 Å². The molecule has 1 aromatic heterocycles. The zero-order valence-electron chi connectivity index (χ0n) is 16.2. The first-order chi connectivity index (χ1) is 13.7. The van der Waals surface area contributed by atoms with E-state index in [1.807, 2.05) is 20.8 Å². The molecule has 0 aliphatic rings. The largest absolute Gasteiger partial charge is 0.486 e. The van der Waals surface area contributed by atoms with Crippen molar-refractivity contribution >= 4 is 22.8 Å². The number of nitrogens with zero attached hydrogens (tertiary/aromatic N) is 3. The summed E-state index contributed by atoms with van der Waals surface area (Å²) >= 11 is 0. The molecule has 2 aromatic carbocycles. The fraction of sp³-hybridized carbons (Fsp3) is 0.250. The Morgan fingerprint density at radius 2 is 1.90 bits per heavy atom. The van der Waals surface area contributed by atoms with Crippen molar-refractivity contribution in [3.05, 3.63) is 79.0 Å². The minimum absolute atomic E-state index is 0.0291. The molecule has 150 valence electrons. The number of nitro groups is 1. The number of H-pyrrole nitrogens is 1. The molecule has 0 unspecified atom stereocenters. The summed E-state index contributed by atoms with van der Waals surface area (Å²) in [6, 6.07) is 10.9. The number of aromatic nitrogens is 2. The van der Waals surface area contributed by atoms with Gasteiger partial charge in [0.05, 0.1) is 28.6 Å². The highest BCUT2D eigenvalue weighted by Gasteiger charge is 2.21. The van der Waals surface area contributed by atoms with Crippen LogP contribution in [0.15, 0.2) is 57.2 Å². The van der Waals surface area contributed by atoms with Crippen molar-refractivity contribution in [2.24, 2.45) is 10.5 Å². The molecule has 3 aromatic rings. The van der Waals surface area contributed by atoms with E-state index >= 15 is 0 Å². The highest BCUT2D eigenvalue weighted by molar-refractivity contribution is 5.86. The molecule has 0 fully saturated rings. The van der Waals surface area contributed by atoms with Crippen molar-refractivity contribution in [3.63, 3.8) is 0 Å². The van der Waals surface area contributed by atoms with Crippen molar-refractivity contribution in [1.29, 1.82) is 0 Å². The van der Waals surface area contributed by atoms with Gasteiger partial charge in [-0.15, -0.1) is 4.68 Å². The normalized spacial score (nSPS) is 11.8. The Balaban J connectivity index is 2.08. The van der Waals surface area contributed by atoms with Crippen LogP contribution in [0.1, 0.15) is 26.3 Å². The van der Waals surface area contributed by atoms with Crippen LogP contribution in [0.2, 0.25) is 0 Å². The number of hydrogen-bond donors (Lipinski definition) is 1. The second kappa shape index (κ2) is 7.70. The molecule has 0 spiro atoms. The van der Waals surface area contributed by atoms with Crippen LogP contribution in [0.3, 0.4) is 0 Å². The monoisotopic (exact) mass is 396 g/mol. The molecule has 9 heteroatoms. The van der Waals surface area contributed by atoms with Gasteiger partial charge in [-0.05, 0) is 23.6 Å². The van der Waals surface area contributed by atoms with Crippen LogP contribution in [0.5, 0.6) is 5.75 Å². The van der Waals surface area contributed by atoms with Crippen molar-refractivity contribution < 1.29 is 9.66 Å². The third-order valence-corrected chi connectivity index (χ3v) is 3.97. The van der Waals surface area contributed by atoms with Gasteiger partial charge in [0, 0.05) is 11.6 Å². The molecule has 1 N–H and O–H groups in total. The highest BCUT2D eigenvalue weighted by atomic mass is 16.6. The first kappa shape index (κ1) is 20.0. The molecule has 0 amide bonds. The Morgan fingerprint density at radius 3 is 2.59 bits per heavy atom. The third-order valence-electron chi connectivity index (χ3n) is 3.97. The second-order valence-corrected chi connectivity index (χ2v) is 7.64. The SMILES string of the molecule is CC(C)(C)COc1c(C=Nn2c(=O)[nH]c3ccccc3c2=O)cccc1[N+](=O)[O-]. The molecule has 0 radical (unpaired) electrons. The van der Waals surface area contributed by atoms with Crippen molar-refractivity contribution in [3.8, 4) is 5.75 Å². The Bertz CT molecular complexity index is 1220. The zero-order valence-corrected chi connectivity index (χ0v) is 16.2. The van der Waals surface area contributed by atoms with Gasteiger partial charge in [0.25, 0.3) is 5.56 Å². The first-order valence-corrected chi connectivity index (χ1v) is 8.86. The van der Waals surface area contributed by atoms with Crippen LogP contribution in [0.4, 0.5) is 5.69 Å². The van der Waals surface area contributed by atoms with E-state index < -0.39 is 16.2 Å². The van der Waals surface area contributed by atoms with Crippen LogP contribution in [0, 0.1) is 15.5 Å². The van der Waals surface area contributed by atoms with Gasteiger partial charge in [-0.2, -0.15) is 5.10 Å². The average Bonchev–Trinajstić information content (AvgIpc) is 2.65. The Kier molecular flexibility index (Phi) is 5.31. The van der Waals surface area contributed by atoms with Crippen LogP contribution >= 0.6 is 0 Å². The zero-order chi connectivity index (χ0) is 21.2. The summed E-state index contributed by atoms with van der Waals surface area (Å²) in [6.07, 6.45) is 1.20. The molecule has 0 bridgehead atoms. The molecular weight excluding hydrogens is 376 g/mol. The van der Waals surface area contributed by atoms with Crippen LogP contribution in [-0.2, 0) is 0 Å². The predicted octanol–water partition coefficient (Wildman–Crippen LogP) is 2.91. The number of aromatic amines is 1. The second-order valence-electron chi connectivity index (χ2n) is 7.64. The lowest BCUT2D eigenvalue weighted by Gasteiger charge is -2.19. The van der Waals surface area contributed by atoms with E-state index in [1.54, 1.807) is 30.3 Å². The van der Waals surface area contributed by atoms with E-state index in [9.17, 15) is 19.7 Å². The molecule has 0 aliphatic heterocycles. The van der Waals surface area contributed by atoms with Gasteiger partial charge in [0.1, 0.15) is 0 Å². The van der Waals surface area contributed by atoms with E-state index in [2.05, 4.69) is 10.1 Å². The molecule has 0 saturated heterocycles. The van der Waals surface area contributed by atoms with Crippen molar-refractivity contribution in [2.45, 2.75) is 20.8 Å². The quantitative estimate of drug-likeness (QED) is 0.404. The number of rotatable bonds is 5. The standard InChI is InChI=1S/C20H20N4O5/c1-20(2,3)12-29-17-13(7-6-10-16(17)24(27)28)11-21-23-18(25)14-8-4-5-9-15(14)22-19(23)26/h4-11H,12H2,1-3H3,(H,22,26). The number of fused-ring (bicyclic) bond motifs is 1. The maximum absolute atomic E-state index is 12.6. The number of nitro benzene ring substituents is 1. The van der Waals surface area contributed by atoms with Gasteiger partial charge in [0.2, 0.25) is 5.75 Å². The summed E-state index contributed by atoms with van der Waals surface area (Å²) in [5.74, 6) is 0.0291. The Hall–Kier alpha value is -3.75. The number of benzene rings is 2. The van der Waals surface area contributed by atoms with E-state index in [-0.39, 0.29) is 29.0 Å². The van der Waals surface area contributed by atoms with E-state index in [0.29, 0.717) is 15.6 Å². The summed E-state index contributed by atoms with van der Waals surface area (Å²) in [6.45, 7) is 6.03. The first-order valence-electron chi connectivity index (χ1n) is 8.86. The van der Waals surface area contributed by atoms with Gasteiger partial charge in [0.15, 0.2) is 0 Å². The van der Waals surface area contributed by atoms with Gasteiger partial charge in [-0.3, -0.25) is 14.9 Å². The average molecular weight is 396 g/mol. The Labute approximate surface area is 165 Å². The van der Waals surface area contributed by atoms with Gasteiger partial charge >= 0.3 is 11.4 Å². The molecule has 29 heavy (non-hydrogen) atoms. The van der Waals surface area contributed by atoms with E-state index in [0.717, 1.165) is 0 Å². The van der Waals surface area contributed by atoms with Gasteiger partial charge in [-0.25, -0.2) is 4.79 Å². The highest BCUT2D eigenvalue weighted by Crippen LogP contribution is 2.31. The molecule has 0 atom stereocenters. The summed E-state index contributed by atoms with van der Waals surface area (Å²) in [4.78, 5) is 38.3. The summed E-state index contributed by atoms with van der Waals surface area (Å²) in [5, 5.41) is 15.7. The van der Waals surface area contributed by atoms with Gasteiger partial charge in [-0.1, -0.05) is 39.0 Å². The van der Waals surface area contributed by atoms with Gasteiger partial charge < -0.3 is 9.72 Å². The van der Waals surface area contributed by atoms with Crippen molar-refractivity contribution in [1.82, 2.24) is 9.66 Å². The van der Waals surface area contributed by atoms with Crippen LogP contribution in [-0.4, -0.2) is 27.4 Å². The lowest BCUT2D eigenvalue weighted by Crippen LogP contribution is -2.32. The third kappa shape index (κ3) is 4.40. The predicted molar refractivity (Wildman–Crippen MR) is 110 cm³/mol. The molecule has 0 saturated carbocycles. The van der Waals surface area contributed by atoms with E-state index in [4.69, 9.17) is 4.74 Å². The van der Waals surface area contributed by atoms with E-state index in [1.165, 1.54) is 18.3 Å². The Morgan fingerprint density at radius 1 is 1.17 bits per heavy atom. The number of ether oxygens (including phenoxy) is 1. The summed E-state index contributed by atoms with van der Waals surface area (Å²) < 4.78 is 6.38. The fourth-order valence-electron chi connectivity index (χ4n) is 2.61. The summed E-state index contributed by atoms with van der Waals surface area (Å²) in [7, 11) is 0. The summed E-state index contributed by atoms with van der Waals surface area (Å²) in [5.41, 5.74) is -1.08. The molecular formula is C20H20N4O5. The maximum Gasteiger partial charge on any atom is 0.349 e. The number of para-hydroxylation sites is 2. The lowest BCUT2D eigenvalue weighted by atomic mass is 9.98.